The summed E-state index contributed by atoms with van der Waals surface area (Å²) in [6.45, 7) is 1.39. The van der Waals surface area contributed by atoms with Crippen LogP contribution in [0.3, 0.4) is 0 Å². The van der Waals surface area contributed by atoms with Gasteiger partial charge in [0.25, 0.3) is 5.69 Å². The van der Waals surface area contributed by atoms with Crippen molar-refractivity contribution in [2.24, 2.45) is 23.7 Å². The normalized spacial score (nSPS) is 24.7. The number of benzene rings is 2. The van der Waals surface area contributed by atoms with Gasteiger partial charge in [-0.05, 0) is 43.4 Å². The lowest BCUT2D eigenvalue weighted by molar-refractivity contribution is -0.384. The first kappa shape index (κ1) is 21.7. The SMILES string of the molecule is CC1=C[C@H]2C[C@H]1[C@H]1C(=O)N(c3cccc(C(=O)OCC(=O)c4cccc([N+](=O)[O-])c4)c3)C(=O)[C@@H]12. The fourth-order valence-corrected chi connectivity index (χ4v) is 5.39. The van der Waals surface area contributed by atoms with Crippen LogP contribution in [-0.4, -0.2) is 35.1 Å². The van der Waals surface area contributed by atoms with E-state index in [1.54, 1.807) is 12.1 Å². The van der Waals surface area contributed by atoms with Gasteiger partial charge < -0.3 is 4.74 Å². The number of fused-ring (bicyclic) bond motifs is 5. The molecule has 0 N–H and O–H groups in total. The Morgan fingerprint density at radius 3 is 2.53 bits per heavy atom. The van der Waals surface area contributed by atoms with Crippen molar-refractivity contribution in [1.82, 2.24) is 0 Å². The van der Waals surface area contributed by atoms with Gasteiger partial charge in [-0.25, -0.2) is 9.69 Å². The van der Waals surface area contributed by atoms with Crippen molar-refractivity contribution in [3.63, 3.8) is 0 Å². The van der Waals surface area contributed by atoms with Crippen molar-refractivity contribution >= 4 is 34.9 Å². The molecule has 0 radical (unpaired) electrons. The average Bonchev–Trinajstić information content (AvgIpc) is 3.47. The number of nitro groups is 1. The molecule has 2 fully saturated rings. The minimum atomic E-state index is -0.808. The maximum atomic E-state index is 13.1. The molecule has 2 aromatic carbocycles. The first-order valence-corrected chi connectivity index (χ1v) is 10.9. The Balaban J connectivity index is 1.29. The highest BCUT2D eigenvalue weighted by Crippen LogP contribution is 2.55. The number of hydrogen-bond donors (Lipinski definition) is 0. The van der Waals surface area contributed by atoms with E-state index in [0.29, 0.717) is 5.69 Å². The van der Waals surface area contributed by atoms with E-state index in [2.05, 4.69) is 6.08 Å². The first-order valence-electron chi connectivity index (χ1n) is 10.9. The van der Waals surface area contributed by atoms with E-state index in [0.717, 1.165) is 23.0 Å². The zero-order valence-electron chi connectivity index (χ0n) is 18.2. The molecule has 2 bridgehead atoms. The van der Waals surface area contributed by atoms with Crippen LogP contribution in [0.15, 0.2) is 60.2 Å². The summed E-state index contributed by atoms with van der Waals surface area (Å²) in [7, 11) is 0. The summed E-state index contributed by atoms with van der Waals surface area (Å²) in [5, 5.41) is 10.9. The highest BCUT2D eigenvalue weighted by molar-refractivity contribution is 6.23. The van der Waals surface area contributed by atoms with E-state index in [1.807, 2.05) is 6.92 Å². The molecule has 1 heterocycles. The third-order valence-electron chi connectivity index (χ3n) is 6.93. The Morgan fingerprint density at radius 2 is 1.76 bits per heavy atom. The molecule has 9 heteroatoms. The molecule has 5 rings (SSSR count). The molecule has 172 valence electrons. The van der Waals surface area contributed by atoms with Gasteiger partial charge in [0.1, 0.15) is 0 Å². The van der Waals surface area contributed by atoms with Crippen LogP contribution in [0.1, 0.15) is 34.1 Å². The van der Waals surface area contributed by atoms with Gasteiger partial charge in [-0.3, -0.25) is 24.5 Å². The average molecular weight is 460 g/mol. The topological polar surface area (TPSA) is 124 Å². The van der Waals surface area contributed by atoms with Gasteiger partial charge in [-0.15, -0.1) is 0 Å². The molecule has 1 aliphatic heterocycles. The molecular formula is C25H20N2O7. The number of non-ortho nitro benzene ring substituents is 1. The summed E-state index contributed by atoms with van der Waals surface area (Å²) in [4.78, 5) is 62.5. The minimum absolute atomic E-state index is 0.0501. The zero-order chi connectivity index (χ0) is 24.1. The van der Waals surface area contributed by atoms with Crippen LogP contribution < -0.4 is 4.90 Å². The molecular weight excluding hydrogens is 440 g/mol. The number of nitro benzene ring substituents is 1. The Labute approximate surface area is 194 Å². The van der Waals surface area contributed by atoms with Gasteiger partial charge in [0.2, 0.25) is 17.6 Å². The van der Waals surface area contributed by atoms with Crippen LogP contribution in [0.5, 0.6) is 0 Å². The molecule has 3 aliphatic rings. The molecule has 1 saturated heterocycles. The first-order chi connectivity index (χ1) is 16.3. The highest BCUT2D eigenvalue weighted by atomic mass is 16.6. The van der Waals surface area contributed by atoms with Crippen LogP contribution in [0.25, 0.3) is 0 Å². The lowest BCUT2D eigenvalue weighted by Gasteiger charge is -2.19. The van der Waals surface area contributed by atoms with E-state index < -0.39 is 23.3 Å². The molecule has 34 heavy (non-hydrogen) atoms. The Kier molecular flexibility index (Phi) is 5.11. The summed E-state index contributed by atoms with van der Waals surface area (Å²) in [5.74, 6) is -2.45. The molecule has 0 aromatic heterocycles. The van der Waals surface area contributed by atoms with Crippen LogP contribution in [0.2, 0.25) is 0 Å². The van der Waals surface area contributed by atoms with Gasteiger partial charge in [0.05, 0.1) is 28.0 Å². The van der Waals surface area contributed by atoms with Gasteiger partial charge >= 0.3 is 5.97 Å². The van der Waals surface area contributed by atoms with E-state index >= 15 is 0 Å². The fraction of sp³-hybridized carbons (Fsp3) is 0.280. The van der Waals surface area contributed by atoms with Gasteiger partial charge in [0.15, 0.2) is 6.61 Å². The summed E-state index contributed by atoms with van der Waals surface area (Å²) in [6.07, 6.45) is 2.92. The maximum Gasteiger partial charge on any atom is 0.338 e. The molecule has 2 aromatic rings. The van der Waals surface area contributed by atoms with Gasteiger partial charge in [-0.2, -0.15) is 0 Å². The molecule has 0 unspecified atom stereocenters. The Hall–Kier alpha value is -4.14. The number of rotatable bonds is 6. The predicted molar refractivity (Wildman–Crippen MR) is 119 cm³/mol. The van der Waals surface area contributed by atoms with Crippen molar-refractivity contribution in [3.05, 3.63) is 81.4 Å². The summed E-state index contributed by atoms with van der Waals surface area (Å²) in [5.41, 5.74) is 1.34. The number of ether oxygens (including phenoxy) is 1. The minimum Gasteiger partial charge on any atom is -0.454 e. The Bertz CT molecular complexity index is 1300. The van der Waals surface area contributed by atoms with Crippen molar-refractivity contribution in [2.75, 3.05) is 11.5 Å². The summed E-state index contributed by atoms with van der Waals surface area (Å²) < 4.78 is 5.09. The van der Waals surface area contributed by atoms with E-state index in [1.165, 1.54) is 30.3 Å². The second kappa shape index (κ2) is 8.02. The smallest absolute Gasteiger partial charge is 0.338 e. The number of carbonyl (C=O) groups excluding carboxylic acids is 4. The third kappa shape index (κ3) is 3.40. The number of ketones is 1. The largest absolute Gasteiger partial charge is 0.454 e. The van der Waals surface area contributed by atoms with Crippen molar-refractivity contribution in [3.8, 4) is 0 Å². The Morgan fingerprint density at radius 1 is 1.06 bits per heavy atom. The molecule has 2 amide bonds. The quantitative estimate of drug-likeness (QED) is 0.162. The summed E-state index contributed by atoms with van der Waals surface area (Å²) in [6, 6.07) is 11.1. The van der Waals surface area contributed by atoms with Crippen molar-refractivity contribution < 1.29 is 28.8 Å². The number of carbonyl (C=O) groups is 4. The van der Waals surface area contributed by atoms with Gasteiger partial charge in [0, 0.05) is 17.7 Å². The van der Waals surface area contributed by atoms with E-state index in [-0.39, 0.29) is 52.3 Å². The lowest BCUT2D eigenvalue weighted by Crippen LogP contribution is -2.33. The van der Waals surface area contributed by atoms with E-state index in [4.69, 9.17) is 4.74 Å². The lowest BCUT2D eigenvalue weighted by atomic mass is 9.82. The second-order valence-corrected chi connectivity index (χ2v) is 8.84. The number of hydrogen-bond acceptors (Lipinski definition) is 7. The third-order valence-corrected chi connectivity index (χ3v) is 6.93. The van der Waals surface area contributed by atoms with Crippen LogP contribution in [0.4, 0.5) is 11.4 Å². The predicted octanol–water partition coefficient (Wildman–Crippen LogP) is 3.34. The monoisotopic (exact) mass is 460 g/mol. The molecule has 0 spiro atoms. The molecule has 2 aliphatic carbocycles. The number of anilines is 1. The summed E-state index contributed by atoms with van der Waals surface area (Å²) >= 11 is 0. The number of nitrogens with zero attached hydrogens (tertiary/aromatic N) is 2. The fourth-order valence-electron chi connectivity index (χ4n) is 5.39. The standard InChI is InChI=1S/C25H20N2O7/c1-13-8-16-11-19(13)22-21(16)23(29)26(24(22)30)17-6-3-5-15(10-17)25(31)34-12-20(28)14-4-2-7-18(9-14)27(32)33/h2-10,16,19,21-22H,11-12H2,1H3/t16-,19+,21+,22+/m0/s1. The van der Waals surface area contributed by atoms with Crippen molar-refractivity contribution in [1.29, 1.82) is 0 Å². The number of allylic oxidation sites excluding steroid dienone is 2. The van der Waals surface area contributed by atoms with Crippen LogP contribution >= 0.6 is 0 Å². The second-order valence-electron chi connectivity index (χ2n) is 8.84. The number of Topliss-reactive ketones (excluding diaryl/α,β-unsaturated/α-hetero) is 1. The van der Waals surface area contributed by atoms with E-state index in [9.17, 15) is 29.3 Å². The molecule has 9 nitrogen and oxygen atoms in total. The number of amides is 2. The van der Waals surface area contributed by atoms with Crippen LogP contribution in [0, 0.1) is 33.8 Å². The van der Waals surface area contributed by atoms with Crippen LogP contribution in [-0.2, 0) is 14.3 Å². The van der Waals surface area contributed by atoms with Crippen molar-refractivity contribution in [2.45, 2.75) is 13.3 Å². The van der Waals surface area contributed by atoms with Gasteiger partial charge in [-0.1, -0.05) is 29.8 Å². The molecule has 4 atom stereocenters. The maximum absolute atomic E-state index is 13.1. The number of imide groups is 1. The molecule has 1 saturated carbocycles. The highest BCUT2D eigenvalue weighted by Gasteiger charge is 2.60. The number of esters is 1. The zero-order valence-corrected chi connectivity index (χ0v) is 18.2.